The molecule has 0 rings (SSSR count). The minimum atomic E-state index is -2.85. The maximum absolute atomic E-state index is 11.3. The molecule has 0 aromatic carbocycles. The molecule has 0 aromatic heterocycles. The van der Waals surface area contributed by atoms with Crippen molar-refractivity contribution in [2.75, 3.05) is 18.1 Å². The Balaban J connectivity index is 4.05. The van der Waals surface area contributed by atoms with Crippen LogP contribution in [0.2, 0.25) is 0 Å². The summed E-state index contributed by atoms with van der Waals surface area (Å²) < 4.78 is 22.5. The van der Waals surface area contributed by atoms with Crippen LogP contribution < -0.4 is 0 Å². The first kappa shape index (κ1) is 14.9. The smallest absolute Gasteiger partial charge is 0.150 e. The van der Waals surface area contributed by atoms with E-state index in [4.69, 9.17) is 0 Å². The minimum Gasteiger partial charge on any atom is -0.396 e. The third-order valence-electron chi connectivity index (χ3n) is 2.89. The second-order valence-corrected chi connectivity index (χ2v) is 7.60. The Morgan fingerprint density at radius 3 is 2.13 bits per heavy atom. The molecule has 3 nitrogen and oxygen atoms in total. The van der Waals surface area contributed by atoms with Gasteiger partial charge in [0.15, 0.2) is 0 Å². The average Bonchev–Trinajstić information content (AvgIpc) is 2.10. The van der Waals surface area contributed by atoms with E-state index in [0.29, 0.717) is 6.42 Å². The second-order valence-electron chi connectivity index (χ2n) is 5.12. The monoisotopic (exact) mass is 236 g/mol. The first-order valence-electron chi connectivity index (χ1n) is 5.54. The molecule has 0 bridgehead atoms. The van der Waals surface area contributed by atoms with Crippen LogP contribution in [-0.4, -0.2) is 31.6 Å². The molecule has 92 valence electrons. The standard InChI is InChI=1S/C11H24O3S/c1-5-15(13,14)8-6-7-10(9-12)11(2,3)4/h10,12H,5-9H2,1-4H3. The van der Waals surface area contributed by atoms with Gasteiger partial charge < -0.3 is 5.11 Å². The highest BCUT2D eigenvalue weighted by Gasteiger charge is 2.23. The average molecular weight is 236 g/mol. The fourth-order valence-corrected chi connectivity index (χ4v) is 2.39. The molecule has 0 radical (unpaired) electrons. The fraction of sp³-hybridized carbons (Fsp3) is 1.00. The van der Waals surface area contributed by atoms with Crippen LogP contribution in [0.3, 0.4) is 0 Å². The molecule has 1 atom stereocenters. The van der Waals surface area contributed by atoms with Crippen LogP contribution in [-0.2, 0) is 9.84 Å². The molecule has 0 amide bonds. The van der Waals surface area contributed by atoms with E-state index in [-0.39, 0.29) is 29.4 Å². The molecule has 0 saturated carbocycles. The summed E-state index contributed by atoms with van der Waals surface area (Å²) in [4.78, 5) is 0. The highest BCUT2D eigenvalue weighted by Crippen LogP contribution is 2.29. The van der Waals surface area contributed by atoms with Crippen molar-refractivity contribution in [1.82, 2.24) is 0 Å². The van der Waals surface area contributed by atoms with Crippen LogP contribution in [0, 0.1) is 11.3 Å². The molecule has 0 fully saturated rings. The maximum Gasteiger partial charge on any atom is 0.150 e. The van der Waals surface area contributed by atoms with E-state index < -0.39 is 9.84 Å². The van der Waals surface area contributed by atoms with Gasteiger partial charge in [-0.2, -0.15) is 0 Å². The lowest BCUT2D eigenvalue weighted by molar-refractivity contribution is 0.123. The van der Waals surface area contributed by atoms with Gasteiger partial charge in [-0.25, -0.2) is 8.42 Å². The summed E-state index contributed by atoms with van der Waals surface area (Å²) >= 11 is 0. The third kappa shape index (κ3) is 6.15. The summed E-state index contributed by atoms with van der Waals surface area (Å²) in [6.07, 6.45) is 1.43. The van der Waals surface area contributed by atoms with Gasteiger partial charge >= 0.3 is 0 Å². The summed E-state index contributed by atoms with van der Waals surface area (Å²) in [5, 5.41) is 9.20. The molecule has 0 heterocycles. The van der Waals surface area contributed by atoms with Gasteiger partial charge in [0, 0.05) is 12.4 Å². The van der Waals surface area contributed by atoms with E-state index in [1.165, 1.54) is 0 Å². The maximum atomic E-state index is 11.3. The van der Waals surface area contributed by atoms with Gasteiger partial charge in [-0.3, -0.25) is 0 Å². The van der Waals surface area contributed by atoms with Crippen molar-refractivity contribution in [3.05, 3.63) is 0 Å². The van der Waals surface area contributed by atoms with Gasteiger partial charge in [-0.1, -0.05) is 27.7 Å². The van der Waals surface area contributed by atoms with E-state index in [0.717, 1.165) is 6.42 Å². The summed E-state index contributed by atoms with van der Waals surface area (Å²) in [5.74, 6) is 0.645. The molecule has 1 unspecified atom stereocenters. The zero-order valence-corrected chi connectivity index (χ0v) is 11.1. The fourth-order valence-electron chi connectivity index (χ4n) is 1.49. The topological polar surface area (TPSA) is 54.4 Å². The van der Waals surface area contributed by atoms with Crippen LogP contribution >= 0.6 is 0 Å². The lowest BCUT2D eigenvalue weighted by atomic mass is 9.79. The predicted molar refractivity (Wildman–Crippen MR) is 63.6 cm³/mol. The second kappa shape index (κ2) is 5.85. The first-order chi connectivity index (χ1) is 6.73. The summed E-state index contributed by atoms with van der Waals surface area (Å²) in [7, 11) is -2.85. The number of hydrogen-bond acceptors (Lipinski definition) is 3. The Morgan fingerprint density at radius 1 is 1.27 bits per heavy atom. The largest absolute Gasteiger partial charge is 0.396 e. The van der Waals surface area contributed by atoms with E-state index in [2.05, 4.69) is 20.8 Å². The van der Waals surface area contributed by atoms with E-state index in [1.807, 2.05) is 0 Å². The van der Waals surface area contributed by atoms with Crippen molar-refractivity contribution in [3.8, 4) is 0 Å². The molecule has 0 aliphatic carbocycles. The summed E-state index contributed by atoms with van der Waals surface area (Å²) in [6.45, 7) is 8.02. The van der Waals surface area contributed by atoms with E-state index in [9.17, 15) is 13.5 Å². The first-order valence-corrected chi connectivity index (χ1v) is 7.36. The molecule has 1 N–H and O–H groups in total. The van der Waals surface area contributed by atoms with Crippen LogP contribution in [0.15, 0.2) is 0 Å². The van der Waals surface area contributed by atoms with Crippen molar-refractivity contribution >= 4 is 9.84 Å². The summed E-state index contributed by atoms with van der Waals surface area (Å²) in [6, 6.07) is 0. The van der Waals surface area contributed by atoms with Crippen LogP contribution in [0.25, 0.3) is 0 Å². The van der Waals surface area contributed by atoms with Crippen molar-refractivity contribution in [2.45, 2.75) is 40.5 Å². The number of aliphatic hydroxyl groups excluding tert-OH is 1. The Kier molecular flexibility index (Phi) is 5.81. The van der Waals surface area contributed by atoms with Crippen molar-refractivity contribution < 1.29 is 13.5 Å². The Bertz CT molecular complexity index is 262. The Hall–Kier alpha value is -0.0900. The van der Waals surface area contributed by atoms with E-state index in [1.54, 1.807) is 6.92 Å². The van der Waals surface area contributed by atoms with Gasteiger partial charge in [-0.05, 0) is 24.2 Å². The highest BCUT2D eigenvalue weighted by atomic mass is 32.2. The number of aliphatic hydroxyl groups is 1. The molecule has 0 aromatic rings. The van der Waals surface area contributed by atoms with Crippen molar-refractivity contribution in [1.29, 1.82) is 0 Å². The quantitative estimate of drug-likeness (QED) is 0.766. The molecule has 0 aliphatic heterocycles. The molecular formula is C11H24O3S. The summed E-state index contributed by atoms with van der Waals surface area (Å²) in [5.41, 5.74) is 0.0464. The lowest BCUT2D eigenvalue weighted by Gasteiger charge is -2.28. The van der Waals surface area contributed by atoms with E-state index >= 15 is 0 Å². The van der Waals surface area contributed by atoms with Crippen LogP contribution in [0.4, 0.5) is 0 Å². The van der Waals surface area contributed by atoms with Gasteiger partial charge in [0.1, 0.15) is 9.84 Å². The predicted octanol–water partition coefficient (Wildman–Crippen LogP) is 1.86. The normalized spacial score (nSPS) is 15.3. The molecule has 0 spiro atoms. The van der Waals surface area contributed by atoms with Gasteiger partial charge in [-0.15, -0.1) is 0 Å². The molecule has 0 aliphatic rings. The van der Waals surface area contributed by atoms with Crippen LogP contribution in [0.5, 0.6) is 0 Å². The van der Waals surface area contributed by atoms with Crippen LogP contribution in [0.1, 0.15) is 40.5 Å². The Labute approximate surface area is 93.8 Å². The molecule has 15 heavy (non-hydrogen) atoms. The lowest BCUT2D eigenvalue weighted by Crippen LogP contribution is -2.24. The Morgan fingerprint density at radius 2 is 1.80 bits per heavy atom. The molecule has 0 saturated heterocycles. The highest BCUT2D eigenvalue weighted by molar-refractivity contribution is 7.91. The van der Waals surface area contributed by atoms with Gasteiger partial charge in [0.25, 0.3) is 0 Å². The van der Waals surface area contributed by atoms with Crippen molar-refractivity contribution in [3.63, 3.8) is 0 Å². The number of hydrogen-bond donors (Lipinski definition) is 1. The SMILES string of the molecule is CCS(=O)(=O)CCCC(CO)C(C)(C)C. The molecular weight excluding hydrogens is 212 g/mol. The van der Waals surface area contributed by atoms with Crippen molar-refractivity contribution in [2.24, 2.45) is 11.3 Å². The third-order valence-corrected chi connectivity index (χ3v) is 4.68. The number of rotatable bonds is 6. The zero-order valence-electron chi connectivity index (χ0n) is 10.3. The van der Waals surface area contributed by atoms with Gasteiger partial charge in [0.05, 0.1) is 5.75 Å². The number of sulfone groups is 1. The van der Waals surface area contributed by atoms with Gasteiger partial charge in [0.2, 0.25) is 0 Å². The zero-order chi connectivity index (χ0) is 12.1. The minimum absolute atomic E-state index is 0.0464. The molecule has 4 heteroatoms.